The fourth-order valence-electron chi connectivity index (χ4n) is 4.07. The van der Waals surface area contributed by atoms with Gasteiger partial charge in [0.05, 0.1) is 18.7 Å². The molecule has 10 nitrogen and oxygen atoms in total. The topological polar surface area (TPSA) is 117 Å². The van der Waals surface area contributed by atoms with Crippen LogP contribution in [0.4, 0.5) is 0 Å². The van der Waals surface area contributed by atoms with Crippen molar-refractivity contribution in [2.24, 2.45) is 7.05 Å². The minimum absolute atomic E-state index is 0.142. The van der Waals surface area contributed by atoms with E-state index >= 15 is 0 Å². The van der Waals surface area contributed by atoms with Crippen molar-refractivity contribution in [3.63, 3.8) is 0 Å². The average Bonchev–Trinajstić information content (AvgIpc) is 3.29. The Bertz CT molecular complexity index is 1560. The molecule has 0 aliphatic rings. The molecule has 0 fully saturated rings. The Labute approximate surface area is 220 Å². The third kappa shape index (κ3) is 5.74. The fourth-order valence-corrected chi connectivity index (χ4v) is 4.07. The first-order valence-electron chi connectivity index (χ1n) is 12.1. The van der Waals surface area contributed by atoms with E-state index in [0.29, 0.717) is 16.7 Å². The number of amides is 1. The molecule has 3 heterocycles. The molecule has 4 rings (SSSR count). The third-order valence-electron chi connectivity index (χ3n) is 5.81. The number of aryl methyl sites for hydroxylation is 2. The van der Waals surface area contributed by atoms with Crippen molar-refractivity contribution < 1.29 is 19.1 Å². The predicted octanol–water partition coefficient (Wildman–Crippen LogP) is 3.39. The number of esters is 1. The number of benzene rings is 1. The van der Waals surface area contributed by atoms with Gasteiger partial charge in [-0.05, 0) is 39.3 Å². The van der Waals surface area contributed by atoms with Gasteiger partial charge in [0.1, 0.15) is 29.1 Å². The minimum Gasteiger partial charge on any atom is -0.495 e. The van der Waals surface area contributed by atoms with Crippen molar-refractivity contribution in [3.05, 3.63) is 76.0 Å². The van der Waals surface area contributed by atoms with Crippen LogP contribution in [0.3, 0.4) is 0 Å². The molecule has 0 unspecified atom stereocenters. The fraction of sp³-hybridized carbons (Fsp3) is 0.321. The summed E-state index contributed by atoms with van der Waals surface area (Å²) in [7, 11) is 3.29. The summed E-state index contributed by atoms with van der Waals surface area (Å²) in [5, 5.41) is 7.41. The van der Waals surface area contributed by atoms with E-state index in [1.807, 2.05) is 31.2 Å². The first-order chi connectivity index (χ1) is 18.0. The molecule has 0 aliphatic carbocycles. The van der Waals surface area contributed by atoms with Crippen LogP contribution in [0.15, 0.2) is 53.7 Å². The van der Waals surface area contributed by atoms with Crippen LogP contribution < -0.4 is 15.6 Å². The number of pyridine rings is 2. The van der Waals surface area contributed by atoms with Gasteiger partial charge in [-0.2, -0.15) is 5.10 Å². The van der Waals surface area contributed by atoms with Crippen molar-refractivity contribution >= 4 is 22.9 Å². The predicted molar refractivity (Wildman–Crippen MR) is 143 cm³/mol. The summed E-state index contributed by atoms with van der Waals surface area (Å²) in [6.07, 6.45) is 5.02. The zero-order valence-electron chi connectivity index (χ0n) is 22.4. The standard InChI is InChI=1S/C28H31N5O5/c1-17-7-9-18(10-8-17)12-30-26(35)21-11-20-24(37-6)22(19-13-31-32(5)15-19)14-29-25(20)33(27(21)36)16-23(34)38-28(2,3)4/h7-11,13-15H,12,16H2,1-6H3,(H,30,35). The van der Waals surface area contributed by atoms with Gasteiger partial charge in [0.2, 0.25) is 0 Å². The molecular formula is C28H31N5O5. The molecule has 0 saturated heterocycles. The highest BCUT2D eigenvalue weighted by atomic mass is 16.6. The summed E-state index contributed by atoms with van der Waals surface area (Å²) in [4.78, 5) is 44.0. The maximum atomic E-state index is 13.5. The molecule has 0 atom stereocenters. The first kappa shape index (κ1) is 26.6. The van der Waals surface area contributed by atoms with Crippen molar-refractivity contribution in [2.75, 3.05) is 7.11 Å². The van der Waals surface area contributed by atoms with Gasteiger partial charge in [0.25, 0.3) is 11.5 Å². The number of hydrogen-bond donors (Lipinski definition) is 1. The second-order valence-electron chi connectivity index (χ2n) is 10.0. The molecule has 198 valence electrons. The van der Waals surface area contributed by atoms with E-state index in [0.717, 1.165) is 21.3 Å². The van der Waals surface area contributed by atoms with Gasteiger partial charge >= 0.3 is 5.97 Å². The number of hydrogen-bond acceptors (Lipinski definition) is 7. The molecule has 1 N–H and O–H groups in total. The van der Waals surface area contributed by atoms with Crippen molar-refractivity contribution in [2.45, 2.75) is 46.4 Å². The van der Waals surface area contributed by atoms with Crippen LogP contribution in [0.1, 0.15) is 42.3 Å². The molecule has 1 amide bonds. The Morgan fingerprint density at radius 3 is 2.42 bits per heavy atom. The van der Waals surface area contributed by atoms with E-state index in [9.17, 15) is 14.4 Å². The summed E-state index contributed by atoms with van der Waals surface area (Å²) in [5.74, 6) is -0.812. The van der Waals surface area contributed by atoms with Crippen LogP contribution in [0, 0.1) is 6.92 Å². The van der Waals surface area contributed by atoms with Gasteiger partial charge < -0.3 is 14.8 Å². The summed E-state index contributed by atoms with van der Waals surface area (Å²) >= 11 is 0. The summed E-state index contributed by atoms with van der Waals surface area (Å²) in [6, 6.07) is 9.16. The van der Waals surface area contributed by atoms with Crippen LogP contribution in [0.25, 0.3) is 22.2 Å². The molecule has 0 bridgehead atoms. The van der Waals surface area contributed by atoms with Crippen molar-refractivity contribution in [1.29, 1.82) is 0 Å². The number of carbonyl (C=O) groups excluding carboxylic acids is 2. The molecule has 0 aliphatic heterocycles. The molecule has 0 radical (unpaired) electrons. The number of aromatic nitrogens is 4. The lowest BCUT2D eigenvalue weighted by atomic mass is 10.1. The van der Waals surface area contributed by atoms with Gasteiger partial charge in [-0.1, -0.05) is 29.8 Å². The van der Waals surface area contributed by atoms with E-state index < -0.39 is 29.6 Å². The molecule has 1 aromatic carbocycles. The third-order valence-corrected chi connectivity index (χ3v) is 5.81. The van der Waals surface area contributed by atoms with Gasteiger partial charge in [0, 0.05) is 37.1 Å². The number of ether oxygens (including phenoxy) is 2. The first-order valence-corrected chi connectivity index (χ1v) is 12.1. The molecule has 0 saturated carbocycles. The van der Waals surface area contributed by atoms with Crippen LogP contribution in [-0.2, 0) is 29.7 Å². The second-order valence-corrected chi connectivity index (χ2v) is 10.0. The normalized spacial score (nSPS) is 11.4. The Hall–Kier alpha value is -4.47. The highest BCUT2D eigenvalue weighted by Crippen LogP contribution is 2.35. The number of carbonyl (C=O) groups is 2. The Kier molecular flexibility index (Phi) is 7.34. The van der Waals surface area contributed by atoms with E-state index in [4.69, 9.17) is 9.47 Å². The maximum Gasteiger partial charge on any atom is 0.326 e. The van der Waals surface area contributed by atoms with E-state index in [-0.39, 0.29) is 17.8 Å². The zero-order chi connectivity index (χ0) is 27.6. The van der Waals surface area contributed by atoms with Gasteiger partial charge in [-0.3, -0.25) is 23.6 Å². The minimum atomic E-state index is -0.752. The number of methoxy groups -OCH3 is 1. The van der Waals surface area contributed by atoms with Crippen molar-refractivity contribution in [1.82, 2.24) is 24.6 Å². The second kappa shape index (κ2) is 10.5. The Morgan fingerprint density at radius 1 is 1.11 bits per heavy atom. The monoisotopic (exact) mass is 517 g/mol. The summed E-state index contributed by atoms with van der Waals surface area (Å²) in [5.41, 5.74) is 2.00. The van der Waals surface area contributed by atoms with Gasteiger partial charge in [-0.15, -0.1) is 0 Å². The number of fused-ring (bicyclic) bond motifs is 1. The van der Waals surface area contributed by atoms with Crippen LogP contribution in [0.5, 0.6) is 5.75 Å². The number of nitrogens with zero attached hydrogens (tertiary/aromatic N) is 4. The molecule has 10 heteroatoms. The largest absolute Gasteiger partial charge is 0.495 e. The molecule has 38 heavy (non-hydrogen) atoms. The van der Waals surface area contributed by atoms with Crippen LogP contribution in [-0.4, -0.2) is 43.9 Å². The maximum absolute atomic E-state index is 13.5. The quantitative estimate of drug-likeness (QED) is 0.374. The summed E-state index contributed by atoms with van der Waals surface area (Å²) < 4.78 is 14.0. The Balaban J connectivity index is 1.83. The van der Waals surface area contributed by atoms with Crippen LogP contribution in [0.2, 0.25) is 0 Å². The molecule has 3 aromatic heterocycles. The molecular weight excluding hydrogens is 486 g/mol. The van der Waals surface area contributed by atoms with E-state index in [1.54, 1.807) is 51.1 Å². The van der Waals surface area contributed by atoms with Crippen LogP contribution >= 0.6 is 0 Å². The highest BCUT2D eigenvalue weighted by Gasteiger charge is 2.24. The lowest BCUT2D eigenvalue weighted by Gasteiger charge is -2.21. The number of rotatable bonds is 7. The zero-order valence-corrected chi connectivity index (χ0v) is 22.4. The average molecular weight is 518 g/mol. The molecule has 0 spiro atoms. The number of nitrogens with one attached hydrogen (secondary N) is 1. The van der Waals surface area contributed by atoms with Gasteiger partial charge in [0.15, 0.2) is 0 Å². The van der Waals surface area contributed by atoms with E-state index in [1.165, 1.54) is 13.2 Å². The van der Waals surface area contributed by atoms with Gasteiger partial charge in [-0.25, -0.2) is 4.98 Å². The highest BCUT2D eigenvalue weighted by molar-refractivity contribution is 5.99. The summed E-state index contributed by atoms with van der Waals surface area (Å²) in [6.45, 7) is 7.00. The smallest absolute Gasteiger partial charge is 0.326 e. The SMILES string of the molecule is COc1c(-c2cnn(C)c2)cnc2c1cc(C(=O)NCc1ccc(C)cc1)c(=O)n2CC(=O)OC(C)(C)C. The molecule has 4 aromatic rings. The lowest BCUT2D eigenvalue weighted by molar-refractivity contribution is -0.155. The van der Waals surface area contributed by atoms with E-state index in [2.05, 4.69) is 15.4 Å². The Morgan fingerprint density at radius 2 is 1.82 bits per heavy atom. The van der Waals surface area contributed by atoms with Crippen molar-refractivity contribution in [3.8, 4) is 16.9 Å². The lowest BCUT2D eigenvalue weighted by Crippen LogP contribution is -2.36.